The van der Waals surface area contributed by atoms with E-state index in [2.05, 4.69) is 6.58 Å². The number of hydrogen-bond acceptors (Lipinski definition) is 9. The maximum absolute atomic E-state index is 12.8. The molecule has 2 rings (SSSR count). The monoisotopic (exact) mass is 462 g/mol. The number of aliphatic hydroxyl groups is 1. The van der Waals surface area contributed by atoms with Crippen LogP contribution in [0.4, 0.5) is 0 Å². The number of hydrogen-bond donors (Lipinski definition) is 1. The van der Waals surface area contributed by atoms with Gasteiger partial charge in [0.2, 0.25) is 0 Å². The second kappa shape index (κ2) is 11.6. The van der Waals surface area contributed by atoms with Gasteiger partial charge in [0.1, 0.15) is 24.9 Å². The van der Waals surface area contributed by atoms with Crippen molar-refractivity contribution >= 4 is 23.9 Å². The Hall–Kier alpha value is -3.20. The maximum atomic E-state index is 12.8. The van der Waals surface area contributed by atoms with Gasteiger partial charge in [0.05, 0.1) is 18.1 Å². The van der Waals surface area contributed by atoms with Crippen LogP contribution in [-0.4, -0.2) is 60.5 Å². The first-order valence-electron chi connectivity index (χ1n) is 10.6. The molecule has 0 saturated carbocycles. The summed E-state index contributed by atoms with van der Waals surface area (Å²) in [5.74, 6) is -3.09. The summed E-state index contributed by atoms with van der Waals surface area (Å²) in [6.07, 6.45) is 3.34. The molecule has 33 heavy (non-hydrogen) atoms. The summed E-state index contributed by atoms with van der Waals surface area (Å²) in [7, 11) is 0. The SMILES string of the molecule is C=C1C(=O)O[C@H]2/C=C(\C)[C@@H](OC(C)=O)C/C=C(/C)C[C@@H](OC(=O)/C(=C/CO)COC(C)=O)[C@@H]12. The highest BCUT2D eigenvalue weighted by atomic mass is 16.6. The Kier molecular flexibility index (Phi) is 9.16. The van der Waals surface area contributed by atoms with Crippen molar-refractivity contribution in [2.45, 2.75) is 58.8 Å². The zero-order chi connectivity index (χ0) is 24.7. The molecule has 9 heteroatoms. The largest absolute Gasteiger partial charge is 0.461 e. The van der Waals surface area contributed by atoms with Crippen molar-refractivity contribution in [3.8, 4) is 0 Å². The van der Waals surface area contributed by atoms with Crippen LogP contribution in [0.1, 0.15) is 40.5 Å². The van der Waals surface area contributed by atoms with Crippen LogP contribution in [0.15, 0.2) is 47.1 Å². The van der Waals surface area contributed by atoms with Crippen LogP contribution in [0.25, 0.3) is 0 Å². The van der Waals surface area contributed by atoms with Gasteiger partial charge >= 0.3 is 23.9 Å². The summed E-state index contributed by atoms with van der Waals surface area (Å²) >= 11 is 0. The van der Waals surface area contributed by atoms with Gasteiger partial charge in [-0.25, -0.2) is 9.59 Å². The van der Waals surface area contributed by atoms with Gasteiger partial charge in [-0.15, -0.1) is 0 Å². The fourth-order valence-electron chi connectivity index (χ4n) is 3.73. The third kappa shape index (κ3) is 7.15. The molecule has 1 aliphatic heterocycles. The van der Waals surface area contributed by atoms with E-state index in [0.29, 0.717) is 12.0 Å². The molecule has 0 aromatic carbocycles. The standard InChI is InChI=1S/C24H30O9/c1-13-6-7-19(31-17(5)27)14(2)11-21-22(15(3)23(28)32-21)20(10-13)33-24(29)18(8-9-25)12-30-16(4)26/h6,8,11,19-22,25H,3,7,9-10,12H2,1-2,4-5H3/b13-6-,14-11+,18-8+/t19-,20+,21-,22+/m0/s1. The van der Waals surface area contributed by atoms with E-state index < -0.39 is 54.7 Å². The van der Waals surface area contributed by atoms with Gasteiger partial charge in [0.15, 0.2) is 0 Å². The number of carbonyl (C=O) groups excluding carboxylic acids is 4. The highest BCUT2D eigenvalue weighted by Gasteiger charge is 2.45. The summed E-state index contributed by atoms with van der Waals surface area (Å²) in [5, 5.41) is 9.24. The Morgan fingerprint density at radius 3 is 2.52 bits per heavy atom. The van der Waals surface area contributed by atoms with E-state index in [9.17, 15) is 24.3 Å². The minimum Gasteiger partial charge on any atom is -0.461 e. The molecule has 0 bridgehead atoms. The number of esters is 4. The highest BCUT2D eigenvalue weighted by molar-refractivity contribution is 5.92. The van der Waals surface area contributed by atoms with Gasteiger partial charge in [-0.05, 0) is 31.6 Å². The first-order valence-corrected chi connectivity index (χ1v) is 10.6. The van der Waals surface area contributed by atoms with Gasteiger partial charge in [0.25, 0.3) is 0 Å². The Bertz CT molecular complexity index is 909. The van der Waals surface area contributed by atoms with Crippen LogP contribution < -0.4 is 0 Å². The molecular formula is C24H30O9. The average Bonchev–Trinajstić information content (AvgIpc) is 2.99. The Morgan fingerprint density at radius 2 is 1.91 bits per heavy atom. The van der Waals surface area contributed by atoms with Crippen molar-refractivity contribution in [3.05, 3.63) is 47.1 Å². The molecule has 0 unspecified atom stereocenters. The number of aliphatic hydroxyl groups excluding tert-OH is 1. The molecule has 0 aromatic rings. The maximum Gasteiger partial charge on any atom is 0.337 e. The summed E-state index contributed by atoms with van der Waals surface area (Å²) < 4.78 is 21.5. The lowest BCUT2D eigenvalue weighted by atomic mass is 9.85. The van der Waals surface area contributed by atoms with E-state index in [4.69, 9.17) is 18.9 Å². The highest BCUT2D eigenvalue weighted by Crippen LogP contribution is 2.36. The second-order valence-electron chi connectivity index (χ2n) is 8.06. The average molecular weight is 462 g/mol. The first-order chi connectivity index (χ1) is 15.5. The van der Waals surface area contributed by atoms with Gasteiger partial charge in [-0.3, -0.25) is 9.59 Å². The molecule has 0 spiro atoms. The van der Waals surface area contributed by atoms with Crippen molar-refractivity contribution < 1.29 is 43.2 Å². The molecule has 1 aliphatic carbocycles. The molecule has 180 valence electrons. The van der Waals surface area contributed by atoms with E-state index in [0.717, 1.165) is 5.57 Å². The van der Waals surface area contributed by atoms with E-state index in [1.807, 2.05) is 13.0 Å². The molecule has 0 amide bonds. The van der Waals surface area contributed by atoms with Crippen LogP contribution in [0, 0.1) is 5.92 Å². The topological polar surface area (TPSA) is 125 Å². The zero-order valence-corrected chi connectivity index (χ0v) is 19.3. The smallest absolute Gasteiger partial charge is 0.337 e. The Morgan fingerprint density at radius 1 is 1.21 bits per heavy atom. The summed E-state index contributed by atoms with van der Waals surface area (Å²) in [6, 6.07) is 0. The lowest BCUT2D eigenvalue weighted by Gasteiger charge is -2.28. The number of fused-ring (bicyclic) bond motifs is 1. The molecule has 1 saturated heterocycles. The Labute approximate surface area is 192 Å². The molecule has 0 radical (unpaired) electrons. The predicted octanol–water partition coefficient (Wildman–Crippen LogP) is 2.10. The van der Waals surface area contributed by atoms with Crippen LogP contribution in [0.2, 0.25) is 0 Å². The summed E-state index contributed by atoms with van der Waals surface area (Å²) in [4.78, 5) is 47.9. The molecule has 0 aromatic heterocycles. The van der Waals surface area contributed by atoms with E-state index in [1.54, 1.807) is 13.0 Å². The first kappa shape index (κ1) is 26.1. The molecule has 4 atom stereocenters. The number of carbonyl (C=O) groups is 4. The fourth-order valence-corrected chi connectivity index (χ4v) is 3.73. The van der Waals surface area contributed by atoms with E-state index in [-0.39, 0.29) is 24.2 Å². The minimum atomic E-state index is -0.813. The molecule has 1 N–H and O–H groups in total. The second-order valence-corrected chi connectivity index (χ2v) is 8.06. The molecule has 2 aliphatic rings. The molecular weight excluding hydrogens is 432 g/mol. The number of rotatable bonds is 6. The van der Waals surface area contributed by atoms with E-state index >= 15 is 0 Å². The van der Waals surface area contributed by atoms with Crippen LogP contribution >= 0.6 is 0 Å². The third-order valence-corrected chi connectivity index (χ3v) is 5.40. The molecule has 9 nitrogen and oxygen atoms in total. The third-order valence-electron chi connectivity index (χ3n) is 5.40. The fraction of sp³-hybridized carbons (Fsp3) is 0.500. The summed E-state index contributed by atoms with van der Waals surface area (Å²) in [6.45, 7) is 9.16. The van der Waals surface area contributed by atoms with Crippen molar-refractivity contribution in [2.24, 2.45) is 5.92 Å². The van der Waals surface area contributed by atoms with Crippen molar-refractivity contribution in [1.29, 1.82) is 0 Å². The van der Waals surface area contributed by atoms with Crippen molar-refractivity contribution in [3.63, 3.8) is 0 Å². The lowest BCUT2D eigenvalue weighted by molar-refractivity contribution is -0.149. The molecule has 1 fully saturated rings. The minimum absolute atomic E-state index is 0.0273. The van der Waals surface area contributed by atoms with Gasteiger partial charge in [-0.1, -0.05) is 18.2 Å². The normalized spacial score (nSPS) is 28.9. The van der Waals surface area contributed by atoms with Crippen molar-refractivity contribution in [1.82, 2.24) is 0 Å². The van der Waals surface area contributed by atoms with Gasteiger partial charge in [-0.2, -0.15) is 0 Å². The molecule has 1 heterocycles. The van der Waals surface area contributed by atoms with Crippen LogP contribution in [-0.2, 0) is 38.1 Å². The van der Waals surface area contributed by atoms with E-state index in [1.165, 1.54) is 19.9 Å². The van der Waals surface area contributed by atoms with Crippen LogP contribution in [0.5, 0.6) is 0 Å². The Balaban J connectivity index is 2.39. The van der Waals surface area contributed by atoms with Crippen molar-refractivity contribution in [2.75, 3.05) is 13.2 Å². The lowest BCUT2D eigenvalue weighted by Crippen LogP contribution is -2.35. The quantitative estimate of drug-likeness (QED) is 0.273. The number of ether oxygens (including phenoxy) is 4. The summed E-state index contributed by atoms with van der Waals surface area (Å²) in [5.41, 5.74) is 1.67. The van der Waals surface area contributed by atoms with Gasteiger partial charge in [0, 0.05) is 32.3 Å². The van der Waals surface area contributed by atoms with Crippen LogP contribution in [0.3, 0.4) is 0 Å². The zero-order valence-electron chi connectivity index (χ0n) is 19.3. The van der Waals surface area contributed by atoms with Gasteiger partial charge < -0.3 is 24.1 Å². The predicted molar refractivity (Wildman–Crippen MR) is 116 cm³/mol.